The second kappa shape index (κ2) is 6.77. The fourth-order valence-electron chi connectivity index (χ4n) is 4.63. The van der Waals surface area contributed by atoms with Crippen molar-refractivity contribution in [2.75, 3.05) is 33.4 Å². The lowest BCUT2D eigenvalue weighted by atomic mass is 9.84. The number of hydrogen-bond acceptors (Lipinski definition) is 4. The molecule has 1 aromatic rings. The summed E-state index contributed by atoms with van der Waals surface area (Å²) in [5, 5.41) is 1.99. The molecule has 132 valence electrons. The van der Waals surface area contributed by atoms with Crippen molar-refractivity contribution < 1.29 is 9.53 Å². The van der Waals surface area contributed by atoms with Gasteiger partial charge in [0.15, 0.2) is 0 Å². The van der Waals surface area contributed by atoms with Gasteiger partial charge in [-0.05, 0) is 55.9 Å². The Morgan fingerprint density at radius 1 is 1.29 bits per heavy atom. The van der Waals surface area contributed by atoms with E-state index in [1.165, 1.54) is 32.2 Å². The number of amides is 1. The Labute approximate surface area is 148 Å². The van der Waals surface area contributed by atoms with Crippen molar-refractivity contribution in [2.24, 2.45) is 5.92 Å². The van der Waals surface area contributed by atoms with Crippen molar-refractivity contribution in [2.45, 2.75) is 50.1 Å². The number of thiophene rings is 1. The molecule has 0 N–H and O–H groups in total. The first kappa shape index (κ1) is 16.6. The van der Waals surface area contributed by atoms with Crippen molar-refractivity contribution in [3.63, 3.8) is 0 Å². The number of rotatable bonds is 5. The first-order valence-electron chi connectivity index (χ1n) is 9.30. The van der Waals surface area contributed by atoms with E-state index in [-0.39, 0.29) is 5.91 Å². The molecule has 4 rings (SSSR count). The van der Waals surface area contributed by atoms with E-state index in [1.54, 1.807) is 11.3 Å². The summed E-state index contributed by atoms with van der Waals surface area (Å²) >= 11 is 1.55. The van der Waals surface area contributed by atoms with E-state index in [0.717, 1.165) is 43.3 Å². The van der Waals surface area contributed by atoms with Gasteiger partial charge in [-0.15, -0.1) is 11.3 Å². The third-order valence-corrected chi connectivity index (χ3v) is 7.08. The normalized spacial score (nSPS) is 27.0. The van der Waals surface area contributed by atoms with Gasteiger partial charge >= 0.3 is 0 Å². The summed E-state index contributed by atoms with van der Waals surface area (Å²) in [6, 6.07) is 4.49. The SMILES string of the molecule is COC[C@H]1CCC2(CCN(C(=O)c3cccs3)CC2)N1CC1CC1. The highest BCUT2D eigenvalue weighted by Gasteiger charge is 2.49. The van der Waals surface area contributed by atoms with Gasteiger partial charge in [0, 0.05) is 38.3 Å². The van der Waals surface area contributed by atoms with Crippen LogP contribution in [0, 0.1) is 5.92 Å². The molecule has 2 aliphatic heterocycles. The van der Waals surface area contributed by atoms with Crippen LogP contribution in [-0.4, -0.2) is 60.6 Å². The van der Waals surface area contributed by atoms with Gasteiger partial charge in [0.05, 0.1) is 11.5 Å². The maximum atomic E-state index is 12.6. The van der Waals surface area contributed by atoms with Gasteiger partial charge in [-0.3, -0.25) is 9.69 Å². The van der Waals surface area contributed by atoms with E-state index in [1.807, 2.05) is 24.6 Å². The first-order valence-corrected chi connectivity index (χ1v) is 10.2. The second-order valence-corrected chi connectivity index (χ2v) is 8.69. The average Bonchev–Trinajstić information content (AvgIpc) is 3.14. The van der Waals surface area contributed by atoms with Crippen LogP contribution in [0.5, 0.6) is 0 Å². The summed E-state index contributed by atoms with van der Waals surface area (Å²) in [6.45, 7) is 3.90. The number of carbonyl (C=O) groups is 1. The van der Waals surface area contributed by atoms with Crippen molar-refractivity contribution in [3.05, 3.63) is 22.4 Å². The van der Waals surface area contributed by atoms with Crippen LogP contribution < -0.4 is 0 Å². The predicted octanol–water partition coefficient (Wildman–Crippen LogP) is 3.24. The fourth-order valence-corrected chi connectivity index (χ4v) is 5.32. The molecule has 1 amide bonds. The molecule has 2 saturated heterocycles. The highest BCUT2D eigenvalue weighted by atomic mass is 32.1. The minimum Gasteiger partial charge on any atom is -0.383 e. The van der Waals surface area contributed by atoms with Gasteiger partial charge < -0.3 is 9.64 Å². The number of methoxy groups -OCH3 is 1. The number of hydrogen-bond donors (Lipinski definition) is 0. The van der Waals surface area contributed by atoms with Crippen LogP contribution in [0.25, 0.3) is 0 Å². The maximum Gasteiger partial charge on any atom is 0.263 e. The predicted molar refractivity (Wildman–Crippen MR) is 96.5 cm³/mol. The van der Waals surface area contributed by atoms with E-state index in [4.69, 9.17) is 4.74 Å². The standard InChI is InChI=1S/C19H28N2O2S/c1-23-14-16-6-7-19(21(16)13-15-4-5-15)8-10-20(11-9-19)18(22)17-3-2-12-24-17/h2-3,12,15-16H,4-11,13-14H2,1H3/t16-/m1/s1. The van der Waals surface area contributed by atoms with E-state index < -0.39 is 0 Å². The second-order valence-electron chi connectivity index (χ2n) is 7.74. The molecule has 1 aromatic heterocycles. The lowest BCUT2D eigenvalue weighted by Gasteiger charge is -2.46. The molecule has 4 nitrogen and oxygen atoms in total. The number of piperidine rings is 1. The van der Waals surface area contributed by atoms with Crippen molar-refractivity contribution in [3.8, 4) is 0 Å². The molecule has 5 heteroatoms. The van der Waals surface area contributed by atoms with Crippen LogP contribution in [0.4, 0.5) is 0 Å². The summed E-state index contributed by atoms with van der Waals surface area (Å²) in [5.74, 6) is 1.13. The molecule has 3 fully saturated rings. The highest BCUT2D eigenvalue weighted by molar-refractivity contribution is 7.12. The van der Waals surface area contributed by atoms with Crippen LogP contribution in [0.3, 0.4) is 0 Å². The smallest absolute Gasteiger partial charge is 0.263 e. The number of nitrogens with zero attached hydrogens (tertiary/aromatic N) is 2. The Morgan fingerprint density at radius 3 is 2.71 bits per heavy atom. The Hall–Kier alpha value is -0.910. The minimum absolute atomic E-state index is 0.222. The monoisotopic (exact) mass is 348 g/mol. The molecule has 0 unspecified atom stereocenters. The van der Waals surface area contributed by atoms with Gasteiger partial charge in [0.25, 0.3) is 5.91 Å². The number of ether oxygens (including phenoxy) is 1. The first-order chi connectivity index (χ1) is 11.7. The van der Waals surface area contributed by atoms with Crippen LogP contribution in [0.2, 0.25) is 0 Å². The van der Waals surface area contributed by atoms with Crippen LogP contribution in [-0.2, 0) is 4.74 Å². The molecular weight excluding hydrogens is 320 g/mol. The van der Waals surface area contributed by atoms with Crippen LogP contribution >= 0.6 is 11.3 Å². The van der Waals surface area contributed by atoms with Crippen molar-refractivity contribution >= 4 is 17.2 Å². The summed E-state index contributed by atoms with van der Waals surface area (Å²) in [6.07, 6.45) is 7.56. The van der Waals surface area contributed by atoms with E-state index in [0.29, 0.717) is 11.6 Å². The number of carbonyl (C=O) groups excluding carboxylic acids is 1. The average molecular weight is 349 g/mol. The summed E-state index contributed by atoms with van der Waals surface area (Å²) < 4.78 is 5.50. The molecule has 0 radical (unpaired) electrons. The Bertz CT molecular complexity index is 562. The quantitative estimate of drug-likeness (QED) is 0.819. The zero-order valence-electron chi connectivity index (χ0n) is 14.6. The summed E-state index contributed by atoms with van der Waals surface area (Å²) in [7, 11) is 1.82. The molecule has 1 saturated carbocycles. The molecule has 24 heavy (non-hydrogen) atoms. The molecule has 1 aliphatic carbocycles. The lowest BCUT2D eigenvalue weighted by molar-refractivity contribution is 0.00925. The Balaban J connectivity index is 1.43. The van der Waals surface area contributed by atoms with Crippen LogP contribution in [0.1, 0.15) is 48.2 Å². The lowest BCUT2D eigenvalue weighted by Crippen LogP contribution is -2.56. The molecule has 3 heterocycles. The van der Waals surface area contributed by atoms with E-state index in [2.05, 4.69) is 9.80 Å². The zero-order chi connectivity index (χ0) is 16.6. The van der Waals surface area contributed by atoms with Gasteiger partial charge in [-0.2, -0.15) is 0 Å². The van der Waals surface area contributed by atoms with Gasteiger partial charge in [0.1, 0.15) is 0 Å². The molecule has 3 aliphatic rings. The third kappa shape index (κ3) is 3.14. The van der Waals surface area contributed by atoms with Gasteiger partial charge in [0.2, 0.25) is 0 Å². The van der Waals surface area contributed by atoms with E-state index in [9.17, 15) is 4.79 Å². The Morgan fingerprint density at radius 2 is 2.08 bits per heavy atom. The van der Waals surface area contributed by atoms with Crippen molar-refractivity contribution in [1.82, 2.24) is 9.80 Å². The summed E-state index contributed by atoms with van der Waals surface area (Å²) in [5.41, 5.74) is 0.317. The molecule has 1 spiro atoms. The Kier molecular flexibility index (Phi) is 4.67. The van der Waals surface area contributed by atoms with Gasteiger partial charge in [-0.1, -0.05) is 6.07 Å². The zero-order valence-corrected chi connectivity index (χ0v) is 15.4. The molecule has 1 atom stereocenters. The fraction of sp³-hybridized carbons (Fsp3) is 0.737. The highest BCUT2D eigenvalue weighted by Crippen LogP contribution is 2.44. The topological polar surface area (TPSA) is 32.8 Å². The molecule has 0 aromatic carbocycles. The minimum atomic E-state index is 0.222. The number of likely N-dealkylation sites (tertiary alicyclic amines) is 2. The summed E-state index contributed by atoms with van der Waals surface area (Å²) in [4.78, 5) is 18.3. The van der Waals surface area contributed by atoms with Crippen LogP contribution in [0.15, 0.2) is 17.5 Å². The third-order valence-electron chi connectivity index (χ3n) is 6.22. The largest absolute Gasteiger partial charge is 0.383 e. The van der Waals surface area contributed by atoms with Gasteiger partial charge in [-0.25, -0.2) is 0 Å². The molecular formula is C19H28N2O2S. The van der Waals surface area contributed by atoms with Crippen molar-refractivity contribution in [1.29, 1.82) is 0 Å². The maximum absolute atomic E-state index is 12.6. The van der Waals surface area contributed by atoms with E-state index >= 15 is 0 Å². The molecule has 0 bridgehead atoms.